The number of rotatable bonds is 2. The molecule has 0 saturated carbocycles. The Labute approximate surface area is 133 Å². The van der Waals surface area contributed by atoms with Crippen LogP contribution in [0.1, 0.15) is 5.56 Å². The molecule has 5 heteroatoms. The molecule has 1 aromatic heterocycles. The second-order valence-electron chi connectivity index (χ2n) is 4.71. The van der Waals surface area contributed by atoms with Gasteiger partial charge in [-0.05, 0) is 35.0 Å². The number of nitrogens with zero attached hydrogens (tertiary/aromatic N) is 1. The van der Waals surface area contributed by atoms with Crippen molar-refractivity contribution in [2.24, 2.45) is 0 Å². The Bertz CT molecular complexity index is 833. The highest BCUT2D eigenvalue weighted by molar-refractivity contribution is 7.80. The molecule has 1 heterocycles. The van der Waals surface area contributed by atoms with Gasteiger partial charge in [-0.1, -0.05) is 42.5 Å². The van der Waals surface area contributed by atoms with Gasteiger partial charge in [-0.3, -0.25) is 10.3 Å². The van der Waals surface area contributed by atoms with Crippen LogP contribution in [0.5, 0.6) is 0 Å². The monoisotopic (exact) mass is 307 g/mol. The van der Waals surface area contributed by atoms with E-state index in [9.17, 15) is 4.79 Å². The molecular formula is C17H13N3OS. The number of benzene rings is 2. The second-order valence-corrected chi connectivity index (χ2v) is 5.12. The first kappa shape index (κ1) is 14.2. The molecule has 2 aromatic carbocycles. The third kappa shape index (κ3) is 3.27. The summed E-state index contributed by atoms with van der Waals surface area (Å²) < 4.78 is 0. The maximum Gasteiger partial charge on any atom is 0.324 e. The van der Waals surface area contributed by atoms with Crippen molar-refractivity contribution in [2.75, 3.05) is 5.32 Å². The van der Waals surface area contributed by atoms with Gasteiger partial charge in [0.2, 0.25) is 0 Å². The molecule has 0 radical (unpaired) electrons. The van der Waals surface area contributed by atoms with Gasteiger partial charge in [0.15, 0.2) is 0 Å². The number of anilines is 1. The summed E-state index contributed by atoms with van der Waals surface area (Å²) in [5.41, 5.74) is 1.41. The molecule has 0 unspecified atom stereocenters. The lowest BCUT2D eigenvalue weighted by Gasteiger charge is -2.09. The minimum atomic E-state index is -0.371. The quantitative estimate of drug-likeness (QED) is 0.709. The molecule has 22 heavy (non-hydrogen) atoms. The standard InChI is InChI=1S/C17H13N3OS/c21-17(20-16(22)14-6-3-9-18-11-14)19-15-8-7-12-4-1-2-5-13(12)10-15/h1-11H,(H2,19,20,21,22). The molecule has 3 rings (SSSR count). The molecule has 2 N–H and O–H groups in total. The Morgan fingerprint density at radius 1 is 1.00 bits per heavy atom. The number of nitrogens with one attached hydrogen (secondary N) is 2. The van der Waals surface area contributed by atoms with Gasteiger partial charge in [-0.15, -0.1) is 0 Å². The first-order chi connectivity index (χ1) is 10.7. The van der Waals surface area contributed by atoms with Gasteiger partial charge in [0.1, 0.15) is 4.99 Å². The van der Waals surface area contributed by atoms with E-state index in [-0.39, 0.29) is 6.03 Å². The zero-order chi connectivity index (χ0) is 15.4. The van der Waals surface area contributed by atoms with E-state index in [1.54, 1.807) is 24.5 Å². The molecule has 2 amide bonds. The summed E-state index contributed by atoms with van der Waals surface area (Å²) in [7, 11) is 0. The van der Waals surface area contributed by atoms with Gasteiger partial charge in [-0.2, -0.15) is 0 Å². The van der Waals surface area contributed by atoms with E-state index >= 15 is 0 Å². The first-order valence-electron chi connectivity index (χ1n) is 6.73. The van der Waals surface area contributed by atoms with Gasteiger partial charge in [0.25, 0.3) is 0 Å². The molecule has 0 bridgehead atoms. The summed E-state index contributed by atoms with van der Waals surface area (Å²) in [6.45, 7) is 0. The average molecular weight is 307 g/mol. The molecule has 0 spiro atoms. The van der Waals surface area contributed by atoms with Crippen molar-refractivity contribution in [3.05, 3.63) is 72.6 Å². The largest absolute Gasteiger partial charge is 0.324 e. The van der Waals surface area contributed by atoms with Crippen molar-refractivity contribution < 1.29 is 4.79 Å². The molecule has 0 aliphatic heterocycles. The van der Waals surface area contributed by atoms with Crippen LogP contribution in [-0.2, 0) is 0 Å². The minimum absolute atomic E-state index is 0.339. The number of amides is 2. The van der Waals surface area contributed by atoms with Crippen LogP contribution in [0.15, 0.2) is 67.0 Å². The lowest BCUT2D eigenvalue weighted by atomic mass is 10.1. The summed E-state index contributed by atoms with van der Waals surface area (Å²) >= 11 is 5.18. The smallest absolute Gasteiger partial charge is 0.308 e. The fraction of sp³-hybridized carbons (Fsp3) is 0. The number of urea groups is 1. The van der Waals surface area contributed by atoms with Gasteiger partial charge in [0.05, 0.1) is 0 Å². The van der Waals surface area contributed by atoms with Gasteiger partial charge < -0.3 is 5.32 Å². The highest BCUT2D eigenvalue weighted by Gasteiger charge is 2.07. The van der Waals surface area contributed by atoms with E-state index in [2.05, 4.69) is 15.6 Å². The molecule has 0 aliphatic rings. The number of hydrogen-bond acceptors (Lipinski definition) is 3. The van der Waals surface area contributed by atoms with Crippen LogP contribution in [0, 0.1) is 0 Å². The van der Waals surface area contributed by atoms with Gasteiger partial charge in [-0.25, -0.2) is 4.79 Å². The zero-order valence-corrected chi connectivity index (χ0v) is 12.4. The number of carbonyl (C=O) groups excluding carboxylic acids is 1. The molecule has 0 aliphatic carbocycles. The summed E-state index contributed by atoms with van der Waals surface area (Å²) in [5, 5.41) is 7.60. The van der Waals surface area contributed by atoms with Crippen molar-refractivity contribution >= 4 is 39.7 Å². The Balaban J connectivity index is 1.69. The minimum Gasteiger partial charge on any atom is -0.308 e. The number of hydrogen-bond donors (Lipinski definition) is 2. The summed E-state index contributed by atoms with van der Waals surface area (Å²) in [5.74, 6) is 0. The normalized spacial score (nSPS) is 10.2. The lowest BCUT2D eigenvalue weighted by molar-refractivity contribution is 0.256. The zero-order valence-electron chi connectivity index (χ0n) is 11.6. The average Bonchev–Trinajstić information content (AvgIpc) is 2.55. The third-order valence-corrected chi connectivity index (χ3v) is 3.50. The Morgan fingerprint density at radius 3 is 2.59 bits per heavy atom. The van der Waals surface area contributed by atoms with Crippen molar-refractivity contribution in [3.63, 3.8) is 0 Å². The molecule has 0 fully saturated rings. The molecule has 3 aromatic rings. The fourth-order valence-electron chi connectivity index (χ4n) is 2.10. The van der Waals surface area contributed by atoms with E-state index in [1.807, 2.05) is 42.5 Å². The van der Waals surface area contributed by atoms with Crippen molar-refractivity contribution in [2.45, 2.75) is 0 Å². The van der Waals surface area contributed by atoms with Crippen LogP contribution in [0.2, 0.25) is 0 Å². The van der Waals surface area contributed by atoms with Crippen molar-refractivity contribution in [1.82, 2.24) is 10.3 Å². The Kier molecular flexibility index (Phi) is 4.07. The maximum absolute atomic E-state index is 12.0. The van der Waals surface area contributed by atoms with Crippen LogP contribution < -0.4 is 10.6 Å². The fourth-order valence-corrected chi connectivity index (χ4v) is 2.32. The van der Waals surface area contributed by atoms with Crippen molar-refractivity contribution in [3.8, 4) is 0 Å². The van der Waals surface area contributed by atoms with E-state index < -0.39 is 0 Å². The maximum atomic E-state index is 12.0. The van der Waals surface area contributed by atoms with E-state index in [4.69, 9.17) is 12.2 Å². The number of carbonyl (C=O) groups is 1. The molecule has 0 atom stereocenters. The Hall–Kier alpha value is -2.79. The van der Waals surface area contributed by atoms with Crippen molar-refractivity contribution in [1.29, 1.82) is 0 Å². The Morgan fingerprint density at radius 2 is 1.82 bits per heavy atom. The van der Waals surface area contributed by atoms with E-state index in [1.165, 1.54) is 0 Å². The van der Waals surface area contributed by atoms with E-state index in [0.29, 0.717) is 16.2 Å². The molecule has 4 nitrogen and oxygen atoms in total. The SMILES string of the molecule is O=C(NC(=S)c1cccnc1)Nc1ccc2ccccc2c1. The summed E-state index contributed by atoms with van der Waals surface area (Å²) in [6.07, 6.45) is 3.26. The second kappa shape index (κ2) is 6.32. The number of pyridine rings is 1. The van der Waals surface area contributed by atoms with Crippen LogP contribution in [-0.4, -0.2) is 16.0 Å². The third-order valence-electron chi connectivity index (χ3n) is 3.16. The van der Waals surface area contributed by atoms with E-state index in [0.717, 1.165) is 10.8 Å². The molecule has 0 saturated heterocycles. The van der Waals surface area contributed by atoms with Gasteiger partial charge in [0, 0.05) is 23.6 Å². The molecular weight excluding hydrogens is 294 g/mol. The van der Waals surface area contributed by atoms with Crippen LogP contribution in [0.4, 0.5) is 10.5 Å². The number of thiocarbonyl (C=S) groups is 1. The number of fused-ring (bicyclic) bond motifs is 1. The summed E-state index contributed by atoms with van der Waals surface area (Å²) in [6, 6.07) is 16.9. The van der Waals surface area contributed by atoms with Crippen LogP contribution in [0.25, 0.3) is 10.8 Å². The topological polar surface area (TPSA) is 54.0 Å². The highest BCUT2D eigenvalue weighted by atomic mass is 32.1. The lowest BCUT2D eigenvalue weighted by Crippen LogP contribution is -2.33. The summed E-state index contributed by atoms with van der Waals surface area (Å²) in [4.78, 5) is 16.3. The first-order valence-corrected chi connectivity index (χ1v) is 7.14. The van der Waals surface area contributed by atoms with Crippen LogP contribution >= 0.6 is 12.2 Å². The highest BCUT2D eigenvalue weighted by Crippen LogP contribution is 2.18. The number of aromatic nitrogens is 1. The van der Waals surface area contributed by atoms with Gasteiger partial charge >= 0.3 is 6.03 Å². The van der Waals surface area contributed by atoms with Crippen LogP contribution in [0.3, 0.4) is 0 Å². The predicted molar refractivity (Wildman–Crippen MR) is 92.0 cm³/mol. The predicted octanol–water partition coefficient (Wildman–Crippen LogP) is 3.73. The molecule has 108 valence electrons.